The molecule has 71 heavy (non-hydrogen) atoms. The Morgan fingerprint density at radius 3 is 1.38 bits per heavy atom. The average molecular weight is 907 g/mol. The van der Waals surface area contributed by atoms with Gasteiger partial charge in [0.1, 0.15) is 5.69 Å². The van der Waals surface area contributed by atoms with Gasteiger partial charge in [0.15, 0.2) is 23.0 Å². The molecule has 332 valence electrons. The van der Waals surface area contributed by atoms with Crippen molar-refractivity contribution < 1.29 is 9.47 Å². The third kappa shape index (κ3) is 5.86. The standard InChI is InChI=1S/C67H42N2O2/c1-2-14-43(15-3-1)44-28-33-49(34-29-44)68(51-37-38-55-54-20-6-9-23-58(54)67(59(55)42-51)56-21-7-4-18-52(56)53-19-5-8-22-57(53)67)50-35-30-45(31-36-50)46-16-12-17-47(40-46)48-32-39-61-65(41-48)71-64-27-13-26-63-66(64)69(61)60-24-10-11-25-62(60)70-63/h1-42H. The Balaban J connectivity index is 0.823. The molecule has 2 aliphatic carbocycles. The summed E-state index contributed by atoms with van der Waals surface area (Å²) in [4.78, 5) is 4.68. The van der Waals surface area contributed by atoms with Gasteiger partial charge in [0, 0.05) is 17.1 Å². The molecule has 0 fully saturated rings. The molecule has 15 rings (SSSR count). The van der Waals surface area contributed by atoms with Gasteiger partial charge in [0.2, 0.25) is 0 Å². The van der Waals surface area contributed by atoms with Crippen LogP contribution in [0.1, 0.15) is 22.3 Å². The van der Waals surface area contributed by atoms with E-state index >= 15 is 0 Å². The Bertz CT molecular complexity index is 3890. The molecule has 4 aliphatic rings. The molecule has 11 aromatic rings. The van der Waals surface area contributed by atoms with E-state index in [1.165, 1.54) is 55.6 Å². The lowest BCUT2D eigenvalue weighted by Gasteiger charge is -2.37. The molecule has 4 heteroatoms. The van der Waals surface area contributed by atoms with E-state index in [0.29, 0.717) is 0 Å². The van der Waals surface area contributed by atoms with E-state index in [1.807, 2.05) is 36.4 Å². The Morgan fingerprint density at radius 2 is 0.718 bits per heavy atom. The number of fused-ring (bicyclic) bond motifs is 14. The fourth-order valence-electron chi connectivity index (χ4n) is 12.0. The first-order valence-electron chi connectivity index (χ1n) is 24.3. The van der Waals surface area contributed by atoms with Gasteiger partial charge in [-0.1, -0.05) is 176 Å². The molecule has 11 aromatic carbocycles. The lowest BCUT2D eigenvalue weighted by molar-refractivity contribution is 0.446. The number of benzene rings is 11. The molecular weight excluding hydrogens is 865 g/mol. The molecule has 0 saturated heterocycles. The van der Waals surface area contributed by atoms with Crippen molar-refractivity contribution in [1.82, 2.24) is 0 Å². The monoisotopic (exact) mass is 906 g/mol. The first-order valence-corrected chi connectivity index (χ1v) is 24.3. The number of nitrogens with zero attached hydrogens (tertiary/aromatic N) is 2. The van der Waals surface area contributed by atoms with Gasteiger partial charge in [-0.15, -0.1) is 0 Å². The van der Waals surface area contributed by atoms with Crippen LogP contribution in [-0.2, 0) is 5.41 Å². The van der Waals surface area contributed by atoms with Crippen LogP contribution in [-0.4, -0.2) is 0 Å². The normalized spacial score (nSPS) is 13.4. The van der Waals surface area contributed by atoms with Crippen molar-refractivity contribution in [3.63, 3.8) is 0 Å². The van der Waals surface area contributed by atoms with Crippen LogP contribution in [0.5, 0.6) is 23.0 Å². The number of ether oxygens (including phenoxy) is 2. The van der Waals surface area contributed by atoms with Crippen LogP contribution in [0.15, 0.2) is 255 Å². The van der Waals surface area contributed by atoms with Gasteiger partial charge in [-0.25, -0.2) is 0 Å². The molecule has 0 unspecified atom stereocenters. The topological polar surface area (TPSA) is 24.9 Å². The van der Waals surface area contributed by atoms with Crippen molar-refractivity contribution in [1.29, 1.82) is 0 Å². The summed E-state index contributed by atoms with van der Waals surface area (Å²) in [6, 6.07) is 92.4. The fraction of sp³-hybridized carbons (Fsp3) is 0.0149. The van der Waals surface area contributed by atoms with Crippen LogP contribution in [0.2, 0.25) is 0 Å². The summed E-state index contributed by atoms with van der Waals surface area (Å²) < 4.78 is 12.9. The van der Waals surface area contributed by atoms with Crippen LogP contribution in [0.3, 0.4) is 0 Å². The SMILES string of the molecule is c1ccc(-c2ccc(N(c3ccc(-c4cccc(-c5ccc6c(c5)Oc5cccc7c5N6c5ccccc5O7)c4)cc3)c3ccc4c(c3)C3(c5ccccc5-c5ccccc53)c3ccccc3-4)cc2)cc1. The molecule has 0 N–H and O–H groups in total. The summed E-state index contributed by atoms with van der Waals surface area (Å²) in [6.45, 7) is 0. The number of anilines is 6. The minimum atomic E-state index is -0.445. The molecule has 0 aromatic heterocycles. The molecule has 1 spiro atoms. The van der Waals surface area contributed by atoms with Crippen molar-refractivity contribution in [2.45, 2.75) is 5.41 Å². The second-order valence-electron chi connectivity index (χ2n) is 18.8. The van der Waals surface area contributed by atoms with Crippen molar-refractivity contribution in [2.24, 2.45) is 0 Å². The number of hydrogen-bond acceptors (Lipinski definition) is 4. The fourth-order valence-corrected chi connectivity index (χ4v) is 12.0. The second-order valence-corrected chi connectivity index (χ2v) is 18.8. The van der Waals surface area contributed by atoms with Crippen LogP contribution in [0.4, 0.5) is 34.1 Å². The Labute approximate surface area is 412 Å². The summed E-state index contributed by atoms with van der Waals surface area (Å²) in [7, 11) is 0. The van der Waals surface area contributed by atoms with Gasteiger partial charge in [-0.05, 0) is 157 Å². The predicted molar refractivity (Wildman–Crippen MR) is 289 cm³/mol. The molecule has 2 heterocycles. The summed E-state index contributed by atoms with van der Waals surface area (Å²) in [5.41, 5.74) is 23.1. The average Bonchev–Trinajstić information content (AvgIpc) is 3.91. The molecule has 0 saturated carbocycles. The van der Waals surface area contributed by atoms with Gasteiger partial charge >= 0.3 is 0 Å². The zero-order chi connectivity index (χ0) is 46.6. The number of hydrogen-bond donors (Lipinski definition) is 0. The van der Waals surface area contributed by atoms with E-state index in [0.717, 1.165) is 79.4 Å². The summed E-state index contributed by atoms with van der Waals surface area (Å²) in [5, 5.41) is 0. The third-order valence-electron chi connectivity index (χ3n) is 15.1. The number of rotatable bonds is 6. The van der Waals surface area contributed by atoms with Crippen molar-refractivity contribution >= 4 is 34.1 Å². The molecule has 0 radical (unpaired) electrons. The van der Waals surface area contributed by atoms with Gasteiger partial charge < -0.3 is 14.4 Å². The lowest BCUT2D eigenvalue weighted by Crippen LogP contribution is -2.26. The molecule has 2 aliphatic heterocycles. The third-order valence-corrected chi connectivity index (χ3v) is 15.1. The van der Waals surface area contributed by atoms with E-state index in [9.17, 15) is 0 Å². The van der Waals surface area contributed by atoms with Gasteiger partial charge in [0.05, 0.1) is 16.8 Å². The lowest BCUT2D eigenvalue weighted by atomic mass is 9.70. The molecule has 0 bridgehead atoms. The van der Waals surface area contributed by atoms with Gasteiger partial charge in [0.25, 0.3) is 0 Å². The van der Waals surface area contributed by atoms with E-state index in [1.54, 1.807) is 0 Å². The zero-order valence-corrected chi connectivity index (χ0v) is 38.5. The maximum atomic E-state index is 6.63. The summed E-state index contributed by atoms with van der Waals surface area (Å²) >= 11 is 0. The quantitative estimate of drug-likeness (QED) is 0.166. The van der Waals surface area contributed by atoms with Crippen molar-refractivity contribution in [2.75, 3.05) is 9.80 Å². The molecular formula is C67H42N2O2. The highest BCUT2D eigenvalue weighted by molar-refractivity contribution is 5.97. The largest absolute Gasteiger partial charge is 0.453 e. The van der Waals surface area contributed by atoms with Crippen molar-refractivity contribution in [3.8, 4) is 78.6 Å². The smallest absolute Gasteiger partial charge is 0.155 e. The highest BCUT2D eigenvalue weighted by Gasteiger charge is 2.51. The zero-order valence-electron chi connectivity index (χ0n) is 38.5. The predicted octanol–water partition coefficient (Wildman–Crippen LogP) is 18.2. The maximum Gasteiger partial charge on any atom is 0.155 e. The molecule has 4 nitrogen and oxygen atoms in total. The van der Waals surface area contributed by atoms with Crippen LogP contribution < -0.4 is 19.3 Å². The minimum absolute atomic E-state index is 0.445. The first-order chi connectivity index (χ1) is 35.2. The van der Waals surface area contributed by atoms with Crippen LogP contribution in [0.25, 0.3) is 55.6 Å². The van der Waals surface area contributed by atoms with E-state index in [4.69, 9.17) is 9.47 Å². The molecule has 0 amide bonds. The highest BCUT2D eigenvalue weighted by atomic mass is 16.5. The summed E-state index contributed by atoms with van der Waals surface area (Å²) in [6.07, 6.45) is 0. The highest BCUT2D eigenvalue weighted by Crippen LogP contribution is 2.64. The first kappa shape index (κ1) is 39.6. The maximum absolute atomic E-state index is 6.63. The van der Waals surface area contributed by atoms with E-state index in [2.05, 4.69) is 228 Å². The van der Waals surface area contributed by atoms with Crippen molar-refractivity contribution in [3.05, 3.63) is 277 Å². The Morgan fingerprint density at radius 1 is 0.282 bits per heavy atom. The Hall–Kier alpha value is -9.38. The van der Waals surface area contributed by atoms with Crippen LogP contribution in [0, 0.1) is 0 Å². The second kappa shape index (κ2) is 15.3. The summed E-state index contributed by atoms with van der Waals surface area (Å²) in [5.74, 6) is 3.19. The van der Waals surface area contributed by atoms with E-state index in [-0.39, 0.29) is 0 Å². The Kier molecular flexibility index (Phi) is 8.54. The van der Waals surface area contributed by atoms with Gasteiger partial charge in [-0.2, -0.15) is 0 Å². The van der Waals surface area contributed by atoms with Gasteiger partial charge in [-0.3, -0.25) is 4.90 Å². The number of para-hydroxylation sites is 3. The van der Waals surface area contributed by atoms with E-state index < -0.39 is 5.41 Å². The van der Waals surface area contributed by atoms with Crippen LogP contribution >= 0.6 is 0 Å². The molecule has 0 atom stereocenters. The minimum Gasteiger partial charge on any atom is -0.453 e.